The van der Waals surface area contributed by atoms with Crippen LogP contribution in [0.15, 0.2) is 18.2 Å². The highest BCUT2D eigenvalue weighted by Gasteiger charge is 2.39. The fraction of sp³-hybridized carbons (Fsp3) is 0.364. The van der Waals surface area contributed by atoms with Gasteiger partial charge in [-0.2, -0.15) is 0 Å². The zero-order valence-corrected chi connectivity index (χ0v) is 8.29. The van der Waals surface area contributed by atoms with Crippen LogP contribution in [0.3, 0.4) is 0 Å². The second-order valence-electron chi connectivity index (χ2n) is 4.15. The lowest BCUT2D eigenvalue weighted by Crippen LogP contribution is -2.46. The number of rotatable bonds is 0. The third-order valence-electron chi connectivity index (χ3n) is 3.23. The van der Waals surface area contributed by atoms with Gasteiger partial charge in [-0.1, -0.05) is 0 Å². The number of carbonyl (C=O) groups excluding carboxylic acids is 1. The van der Waals surface area contributed by atoms with Crippen LogP contribution in [-0.2, 0) is 4.79 Å². The molecule has 3 rings (SSSR count). The lowest BCUT2D eigenvalue weighted by molar-refractivity contribution is -0.123. The van der Waals surface area contributed by atoms with Crippen molar-refractivity contribution in [2.45, 2.75) is 18.4 Å². The molecule has 1 saturated heterocycles. The average Bonchev–Trinajstić information content (AvgIpc) is 2.58. The summed E-state index contributed by atoms with van der Waals surface area (Å²) in [5, 5.41) is 6.12. The number of piperidine rings is 1. The lowest BCUT2D eigenvalue weighted by atomic mass is 9.89. The highest BCUT2D eigenvalue weighted by Crippen LogP contribution is 2.40. The van der Waals surface area contributed by atoms with Crippen molar-refractivity contribution in [2.24, 2.45) is 0 Å². The van der Waals surface area contributed by atoms with E-state index in [9.17, 15) is 4.79 Å². The average molecular weight is 203 g/mol. The predicted octanol–water partition coefficient (Wildman–Crippen LogP) is 0.666. The molecule has 1 aromatic carbocycles. The van der Waals surface area contributed by atoms with Crippen molar-refractivity contribution in [3.8, 4) is 0 Å². The van der Waals surface area contributed by atoms with E-state index in [0.717, 1.165) is 24.3 Å². The van der Waals surface area contributed by atoms with Crippen LogP contribution in [0.4, 0.5) is 11.4 Å². The van der Waals surface area contributed by atoms with Crippen molar-refractivity contribution < 1.29 is 4.79 Å². The van der Waals surface area contributed by atoms with Crippen LogP contribution < -0.4 is 16.4 Å². The summed E-state index contributed by atoms with van der Waals surface area (Å²) in [5.41, 5.74) is 8.77. The number of fused-ring (bicyclic) bond motifs is 3. The monoisotopic (exact) mass is 203 g/mol. The summed E-state index contributed by atoms with van der Waals surface area (Å²) in [5.74, 6) is 0.387. The fourth-order valence-electron chi connectivity index (χ4n) is 2.50. The number of anilines is 2. The van der Waals surface area contributed by atoms with Gasteiger partial charge in [0.2, 0.25) is 5.91 Å². The molecule has 2 aliphatic rings. The Labute approximate surface area is 87.8 Å². The van der Waals surface area contributed by atoms with Gasteiger partial charge < -0.3 is 16.4 Å². The molecule has 0 spiro atoms. The van der Waals surface area contributed by atoms with E-state index in [1.807, 2.05) is 18.2 Å². The van der Waals surface area contributed by atoms with Crippen molar-refractivity contribution in [3.05, 3.63) is 23.8 Å². The SMILES string of the molecule is Nc1ccc2c(c1)C1CCNC(=O)C1N2. The maximum atomic E-state index is 11.6. The van der Waals surface area contributed by atoms with Gasteiger partial charge in [0.25, 0.3) is 0 Å². The maximum absolute atomic E-state index is 11.6. The summed E-state index contributed by atoms with van der Waals surface area (Å²) in [4.78, 5) is 11.6. The molecule has 15 heavy (non-hydrogen) atoms. The molecule has 0 bridgehead atoms. The molecular formula is C11H13N3O. The second kappa shape index (κ2) is 2.89. The highest BCUT2D eigenvalue weighted by molar-refractivity contribution is 5.89. The first-order chi connectivity index (χ1) is 7.25. The van der Waals surface area contributed by atoms with Crippen LogP contribution >= 0.6 is 0 Å². The topological polar surface area (TPSA) is 67.1 Å². The van der Waals surface area contributed by atoms with E-state index in [1.165, 1.54) is 5.56 Å². The van der Waals surface area contributed by atoms with Crippen molar-refractivity contribution >= 4 is 17.3 Å². The minimum absolute atomic E-state index is 0.0982. The smallest absolute Gasteiger partial charge is 0.243 e. The van der Waals surface area contributed by atoms with Gasteiger partial charge >= 0.3 is 0 Å². The number of nitrogen functional groups attached to an aromatic ring is 1. The molecule has 2 heterocycles. The van der Waals surface area contributed by atoms with Crippen LogP contribution in [0.2, 0.25) is 0 Å². The molecule has 4 heteroatoms. The Morgan fingerprint density at radius 3 is 3.13 bits per heavy atom. The number of benzene rings is 1. The Kier molecular flexibility index (Phi) is 1.65. The van der Waals surface area contributed by atoms with Crippen LogP contribution in [0, 0.1) is 0 Å². The van der Waals surface area contributed by atoms with Gasteiger partial charge in [-0.05, 0) is 30.2 Å². The molecule has 0 aliphatic carbocycles. The number of hydrogen-bond donors (Lipinski definition) is 3. The molecule has 1 aromatic rings. The third-order valence-corrected chi connectivity index (χ3v) is 3.23. The molecule has 0 aromatic heterocycles. The summed E-state index contributed by atoms with van der Waals surface area (Å²) in [7, 11) is 0. The molecule has 0 saturated carbocycles. The van der Waals surface area contributed by atoms with E-state index >= 15 is 0 Å². The standard InChI is InChI=1S/C11H13N3O/c12-6-1-2-9-8(5-6)7-3-4-13-11(15)10(7)14-9/h1-2,5,7,10,14H,3-4,12H2,(H,13,15). The maximum Gasteiger partial charge on any atom is 0.243 e. The summed E-state index contributed by atoms with van der Waals surface area (Å²) in [6, 6.07) is 5.69. The van der Waals surface area contributed by atoms with Gasteiger partial charge in [-0.3, -0.25) is 4.79 Å². The molecule has 2 aliphatic heterocycles. The number of nitrogens with one attached hydrogen (secondary N) is 2. The number of nitrogens with two attached hydrogens (primary N) is 1. The largest absolute Gasteiger partial charge is 0.399 e. The zero-order valence-electron chi connectivity index (χ0n) is 8.29. The number of hydrogen-bond acceptors (Lipinski definition) is 3. The van der Waals surface area contributed by atoms with Gasteiger partial charge in [0.15, 0.2) is 0 Å². The first-order valence-corrected chi connectivity index (χ1v) is 5.19. The predicted molar refractivity (Wildman–Crippen MR) is 58.6 cm³/mol. The Balaban J connectivity index is 2.05. The van der Waals surface area contributed by atoms with E-state index in [1.54, 1.807) is 0 Å². The first kappa shape index (κ1) is 8.59. The summed E-state index contributed by atoms with van der Waals surface area (Å²) in [6.45, 7) is 0.760. The van der Waals surface area contributed by atoms with Gasteiger partial charge in [0.05, 0.1) is 0 Å². The van der Waals surface area contributed by atoms with E-state index in [-0.39, 0.29) is 17.9 Å². The summed E-state index contributed by atoms with van der Waals surface area (Å²) < 4.78 is 0. The molecule has 78 valence electrons. The summed E-state index contributed by atoms with van der Waals surface area (Å²) in [6.07, 6.45) is 0.986. The Morgan fingerprint density at radius 1 is 1.40 bits per heavy atom. The molecule has 4 nitrogen and oxygen atoms in total. The lowest BCUT2D eigenvalue weighted by Gasteiger charge is -2.25. The third kappa shape index (κ3) is 1.17. The van der Waals surface area contributed by atoms with E-state index in [2.05, 4.69) is 10.6 Å². The normalized spacial score (nSPS) is 27.6. The number of carbonyl (C=O) groups is 1. The van der Waals surface area contributed by atoms with Gasteiger partial charge in [0.1, 0.15) is 6.04 Å². The van der Waals surface area contributed by atoms with Gasteiger partial charge in [-0.15, -0.1) is 0 Å². The Bertz CT molecular complexity index is 430. The molecule has 4 N–H and O–H groups in total. The number of amides is 1. The van der Waals surface area contributed by atoms with Crippen LogP contribution in [-0.4, -0.2) is 18.5 Å². The van der Waals surface area contributed by atoms with E-state index < -0.39 is 0 Å². The minimum Gasteiger partial charge on any atom is -0.399 e. The highest BCUT2D eigenvalue weighted by atomic mass is 16.2. The van der Waals surface area contributed by atoms with Crippen LogP contribution in [0.25, 0.3) is 0 Å². The Hall–Kier alpha value is -1.71. The Morgan fingerprint density at radius 2 is 2.27 bits per heavy atom. The van der Waals surface area contributed by atoms with Crippen molar-refractivity contribution in [2.75, 3.05) is 17.6 Å². The quantitative estimate of drug-likeness (QED) is 0.543. The van der Waals surface area contributed by atoms with Gasteiger partial charge in [0, 0.05) is 23.8 Å². The molecule has 1 amide bonds. The molecular weight excluding hydrogens is 190 g/mol. The van der Waals surface area contributed by atoms with Crippen LogP contribution in [0.5, 0.6) is 0 Å². The van der Waals surface area contributed by atoms with Crippen molar-refractivity contribution in [1.82, 2.24) is 5.32 Å². The first-order valence-electron chi connectivity index (χ1n) is 5.19. The minimum atomic E-state index is -0.101. The van der Waals surface area contributed by atoms with Crippen molar-refractivity contribution in [1.29, 1.82) is 0 Å². The molecule has 2 unspecified atom stereocenters. The second-order valence-corrected chi connectivity index (χ2v) is 4.15. The van der Waals surface area contributed by atoms with Gasteiger partial charge in [-0.25, -0.2) is 0 Å². The van der Waals surface area contributed by atoms with E-state index in [0.29, 0.717) is 0 Å². The zero-order chi connectivity index (χ0) is 10.4. The molecule has 0 radical (unpaired) electrons. The van der Waals surface area contributed by atoms with Crippen LogP contribution in [0.1, 0.15) is 17.9 Å². The molecule has 2 atom stereocenters. The summed E-state index contributed by atoms with van der Waals surface area (Å²) >= 11 is 0. The van der Waals surface area contributed by atoms with Crippen molar-refractivity contribution in [3.63, 3.8) is 0 Å². The fourth-order valence-corrected chi connectivity index (χ4v) is 2.50. The molecule has 1 fully saturated rings. The van der Waals surface area contributed by atoms with E-state index in [4.69, 9.17) is 5.73 Å².